The van der Waals surface area contributed by atoms with Gasteiger partial charge in [-0.15, -0.1) is 11.3 Å². The van der Waals surface area contributed by atoms with Crippen molar-refractivity contribution in [1.82, 2.24) is 0 Å². The molecular formula is C21H19NO3S2. The van der Waals surface area contributed by atoms with Crippen LogP contribution in [0.25, 0.3) is 0 Å². The van der Waals surface area contributed by atoms with Crippen LogP contribution in [0.3, 0.4) is 0 Å². The van der Waals surface area contributed by atoms with Gasteiger partial charge in [0.1, 0.15) is 4.21 Å². The van der Waals surface area contributed by atoms with Gasteiger partial charge in [0, 0.05) is 12.2 Å². The number of thiophene rings is 1. The van der Waals surface area contributed by atoms with Crippen LogP contribution in [-0.2, 0) is 16.3 Å². The number of nitrogens with zero attached hydrogens (tertiary/aromatic N) is 1. The summed E-state index contributed by atoms with van der Waals surface area (Å²) in [5.74, 6) is -0.141. The van der Waals surface area contributed by atoms with Crippen LogP contribution in [0.2, 0.25) is 0 Å². The first-order valence-corrected chi connectivity index (χ1v) is 11.1. The van der Waals surface area contributed by atoms with Crippen LogP contribution in [0.15, 0.2) is 69.8 Å². The third-order valence-corrected chi connectivity index (χ3v) is 8.08. The highest BCUT2D eigenvalue weighted by Crippen LogP contribution is 2.32. The molecule has 0 unspecified atom stereocenters. The standard InChI is InChI=1S/C21H19NO3S2/c1-15-8-10-17(11-9-15)27(24,25)20-13-12-19(26-20)21(23)22-14-4-6-16-5-2-3-7-18(16)22/h2-3,5,7-13H,4,6,14H2,1H3. The molecule has 0 saturated carbocycles. The van der Waals surface area contributed by atoms with Crippen molar-refractivity contribution in [3.63, 3.8) is 0 Å². The van der Waals surface area contributed by atoms with E-state index in [1.54, 1.807) is 35.2 Å². The molecule has 0 spiro atoms. The van der Waals surface area contributed by atoms with Gasteiger partial charge in [-0.25, -0.2) is 8.42 Å². The van der Waals surface area contributed by atoms with E-state index in [1.807, 2.05) is 31.2 Å². The van der Waals surface area contributed by atoms with Crippen LogP contribution in [0.1, 0.15) is 27.2 Å². The molecule has 0 N–H and O–H groups in total. The number of sulfone groups is 1. The zero-order valence-corrected chi connectivity index (χ0v) is 16.5. The van der Waals surface area contributed by atoms with Gasteiger partial charge in [-0.1, -0.05) is 35.9 Å². The molecule has 1 aromatic heterocycles. The van der Waals surface area contributed by atoms with Crippen LogP contribution in [0.5, 0.6) is 0 Å². The van der Waals surface area contributed by atoms with Crippen LogP contribution < -0.4 is 4.90 Å². The molecule has 1 aliphatic rings. The van der Waals surface area contributed by atoms with Gasteiger partial charge in [-0.2, -0.15) is 0 Å². The number of anilines is 1. The van der Waals surface area contributed by atoms with Gasteiger partial charge in [0.15, 0.2) is 0 Å². The summed E-state index contributed by atoms with van der Waals surface area (Å²) in [6, 6.07) is 17.8. The molecule has 2 heterocycles. The summed E-state index contributed by atoms with van der Waals surface area (Å²) in [6.07, 6.45) is 1.86. The van der Waals surface area contributed by atoms with Gasteiger partial charge in [0.05, 0.1) is 9.77 Å². The smallest absolute Gasteiger partial charge is 0.268 e. The van der Waals surface area contributed by atoms with Crippen LogP contribution in [-0.4, -0.2) is 20.9 Å². The van der Waals surface area contributed by atoms with Crippen molar-refractivity contribution in [3.8, 4) is 0 Å². The highest BCUT2D eigenvalue weighted by molar-refractivity contribution is 7.93. The fourth-order valence-corrected chi connectivity index (χ4v) is 5.95. The Hall–Kier alpha value is -2.44. The maximum atomic E-state index is 13.0. The van der Waals surface area contributed by atoms with E-state index in [-0.39, 0.29) is 15.0 Å². The van der Waals surface area contributed by atoms with Crippen LogP contribution in [0, 0.1) is 6.92 Å². The average Bonchev–Trinajstić information content (AvgIpc) is 3.18. The molecule has 2 aromatic carbocycles. The Morgan fingerprint density at radius 1 is 1.00 bits per heavy atom. The first kappa shape index (κ1) is 17.9. The predicted molar refractivity (Wildman–Crippen MR) is 107 cm³/mol. The van der Waals surface area contributed by atoms with Crippen LogP contribution in [0.4, 0.5) is 5.69 Å². The number of benzene rings is 2. The molecule has 0 atom stereocenters. The third kappa shape index (κ3) is 3.31. The van der Waals surface area contributed by atoms with Crippen molar-refractivity contribution in [2.75, 3.05) is 11.4 Å². The second kappa shape index (κ2) is 6.94. The van der Waals surface area contributed by atoms with E-state index in [2.05, 4.69) is 0 Å². The van der Waals surface area contributed by atoms with E-state index < -0.39 is 9.84 Å². The van der Waals surface area contributed by atoms with Crippen molar-refractivity contribution < 1.29 is 13.2 Å². The quantitative estimate of drug-likeness (QED) is 0.655. The fourth-order valence-electron chi connectivity index (χ4n) is 3.29. The van der Waals surface area contributed by atoms with E-state index in [0.29, 0.717) is 11.4 Å². The van der Waals surface area contributed by atoms with Gasteiger partial charge in [0.2, 0.25) is 9.84 Å². The molecule has 0 bridgehead atoms. The minimum Gasteiger partial charge on any atom is -0.307 e. The zero-order chi connectivity index (χ0) is 19.0. The number of rotatable bonds is 3. The zero-order valence-electron chi connectivity index (χ0n) is 14.9. The van der Waals surface area contributed by atoms with Crippen molar-refractivity contribution in [2.24, 2.45) is 0 Å². The Balaban J connectivity index is 1.65. The first-order chi connectivity index (χ1) is 13.0. The summed E-state index contributed by atoms with van der Waals surface area (Å²) in [7, 11) is -3.61. The maximum absolute atomic E-state index is 13.0. The molecule has 27 heavy (non-hydrogen) atoms. The summed E-state index contributed by atoms with van der Waals surface area (Å²) in [4.78, 5) is 15.5. The van der Waals surface area contributed by atoms with Gasteiger partial charge in [-0.05, 0) is 55.7 Å². The van der Waals surface area contributed by atoms with E-state index >= 15 is 0 Å². The lowest BCUT2D eigenvalue weighted by atomic mass is 10.0. The first-order valence-electron chi connectivity index (χ1n) is 8.78. The Morgan fingerprint density at radius 3 is 2.52 bits per heavy atom. The number of hydrogen-bond acceptors (Lipinski definition) is 4. The minimum atomic E-state index is -3.61. The summed E-state index contributed by atoms with van der Waals surface area (Å²) < 4.78 is 25.9. The molecule has 6 heteroatoms. The Morgan fingerprint density at radius 2 is 1.74 bits per heavy atom. The Labute approximate surface area is 163 Å². The number of amides is 1. The average molecular weight is 398 g/mol. The molecule has 1 aliphatic heterocycles. The number of carbonyl (C=O) groups excluding carboxylic acids is 1. The Kier molecular flexibility index (Phi) is 4.61. The summed E-state index contributed by atoms with van der Waals surface area (Å²) in [5.41, 5.74) is 3.08. The van der Waals surface area contributed by atoms with Gasteiger partial charge < -0.3 is 4.90 Å². The number of carbonyl (C=O) groups is 1. The highest BCUT2D eigenvalue weighted by Gasteiger charge is 2.27. The minimum absolute atomic E-state index is 0.141. The number of hydrogen-bond donors (Lipinski definition) is 0. The van der Waals surface area contributed by atoms with Gasteiger partial charge in [0.25, 0.3) is 5.91 Å². The van der Waals surface area contributed by atoms with Crippen molar-refractivity contribution >= 4 is 32.8 Å². The molecule has 1 amide bonds. The molecule has 0 fully saturated rings. The third-order valence-electron chi connectivity index (χ3n) is 4.74. The lowest BCUT2D eigenvalue weighted by molar-refractivity contribution is 0.0989. The number of fused-ring (bicyclic) bond motifs is 1. The predicted octanol–water partition coefficient (Wildman–Crippen LogP) is 4.48. The highest BCUT2D eigenvalue weighted by atomic mass is 32.2. The fraction of sp³-hybridized carbons (Fsp3) is 0.190. The summed E-state index contributed by atoms with van der Waals surface area (Å²) in [6.45, 7) is 2.56. The lowest BCUT2D eigenvalue weighted by Gasteiger charge is -2.29. The molecule has 0 aliphatic carbocycles. The summed E-state index contributed by atoms with van der Waals surface area (Å²) in [5, 5.41) is 0. The second-order valence-electron chi connectivity index (χ2n) is 6.62. The van der Waals surface area contributed by atoms with E-state index in [1.165, 1.54) is 6.07 Å². The van der Waals surface area contributed by atoms with E-state index in [4.69, 9.17) is 0 Å². The second-order valence-corrected chi connectivity index (χ2v) is 9.88. The Bertz CT molecular complexity index is 1100. The lowest BCUT2D eigenvalue weighted by Crippen LogP contribution is -2.34. The van der Waals surface area contributed by atoms with Crippen molar-refractivity contribution in [2.45, 2.75) is 28.9 Å². The summed E-state index contributed by atoms with van der Waals surface area (Å²) >= 11 is 1.04. The monoisotopic (exact) mass is 397 g/mol. The largest absolute Gasteiger partial charge is 0.307 e. The van der Waals surface area contributed by atoms with Crippen molar-refractivity contribution in [1.29, 1.82) is 0 Å². The molecule has 138 valence electrons. The van der Waals surface area contributed by atoms with Crippen LogP contribution >= 0.6 is 11.3 Å². The molecule has 4 nitrogen and oxygen atoms in total. The number of aryl methyl sites for hydroxylation is 2. The topological polar surface area (TPSA) is 54.5 Å². The molecule has 0 radical (unpaired) electrons. The van der Waals surface area contributed by atoms with E-state index in [9.17, 15) is 13.2 Å². The SMILES string of the molecule is Cc1ccc(S(=O)(=O)c2ccc(C(=O)N3CCCc4ccccc43)s2)cc1. The maximum Gasteiger partial charge on any atom is 0.268 e. The van der Waals surface area contributed by atoms with Crippen molar-refractivity contribution in [3.05, 3.63) is 76.7 Å². The molecule has 3 aromatic rings. The van der Waals surface area contributed by atoms with E-state index in [0.717, 1.165) is 41.0 Å². The van der Waals surface area contributed by atoms with Gasteiger partial charge in [-0.3, -0.25) is 4.79 Å². The molecule has 0 saturated heterocycles. The van der Waals surface area contributed by atoms with Gasteiger partial charge >= 0.3 is 0 Å². The molecular weight excluding hydrogens is 378 g/mol. The molecule has 4 rings (SSSR count). The number of para-hydroxylation sites is 1. The normalized spacial score (nSPS) is 14.0.